The highest BCUT2D eigenvalue weighted by Crippen LogP contribution is 2.42. The van der Waals surface area contributed by atoms with Gasteiger partial charge in [0.1, 0.15) is 11.4 Å². The van der Waals surface area contributed by atoms with E-state index >= 15 is 0 Å². The smallest absolute Gasteiger partial charge is 0.237 e. The van der Waals surface area contributed by atoms with Gasteiger partial charge in [-0.15, -0.1) is 0 Å². The third kappa shape index (κ3) is 8.75. The number of aromatic nitrogens is 4. The van der Waals surface area contributed by atoms with Gasteiger partial charge in [0, 0.05) is 73.4 Å². The van der Waals surface area contributed by atoms with E-state index in [0.29, 0.717) is 87.8 Å². The number of benzene rings is 2. The summed E-state index contributed by atoms with van der Waals surface area (Å²) in [5.74, 6) is 0.907. The highest BCUT2D eigenvalue weighted by molar-refractivity contribution is 6.39. The van der Waals surface area contributed by atoms with Crippen molar-refractivity contribution in [3.05, 3.63) is 70.2 Å². The first-order chi connectivity index (χ1) is 24.7. The summed E-state index contributed by atoms with van der Waals surface area (Å²) in [6, 6.07) is 12.1. The van der Waals surface area contributed by atoms with Crippen LogP contribution in [0.5, 0.6) is 11.8 Å². The van der Waals surface area contributed by atoms with Gasteiger partial charge in [-0.2, -0.15) is 0 Å². The summed E-state index contributed by atoms with van der Waals surface area (Å²) in [7, 11) is 3.14. The molecule has 6 rings (SSSR count). The second-order valence-corrected chi connectivity index (χ2v) is 13.6. The van der Waals surface area contributed by atoms with E-state index in [1.807, 2.05) is 36.4 Å². The van der Waals surface area contributed by atoms with E-state index in [9.17, 15) is 9.59 Å². The van der Waals surface area contributed by atoms with Crippen LogP contribution >= 0.6 is 23.2 Å². The van der Waals surface area contributed by atoms with Crippen molar-refractivity contribution in [2.24, 2.45) is 0 Å². The molecule has 12 nitrogen and oxygen atoms in total. The van der Waals surface area contributed by atoms with E-state index in [4.69, 9.17) is 47.6 Å². The van der Waals surface area contributed by atoms with Gasteiger partial charge in [0.25, 0.3) is 0 Å². The zero-order valence-corrected chi connectivity index (χ0v) is 30.4. The predicted molar refractivity (Wildman–Crippen MR) is 197 cm³/mol. The topological polar surface area (TPSA) is 152 Å². The quantitative estimate of drug-likeness (QED) is 0.139. The van der Waals surface area contributed by atoms with Crippen LogP contribution in [-0.4, -0.2) is 70.6 Å². The number of rotatable bonds is 13. The average molecular weight is 734 g/mol. The molecule has 4 aromatic rings. The maximum Gasteiger partial charge on any atom is 0.237 e. The lowest BCUT2D eigenvalue weighted by Gasteiger charge is -2.29. The van der Waals surface area contributed by atoms with E-state index in [1.54, 1.807) is 33.5 Å². The minimum Gasteiger partial charge on any atom is -0.480 e. The minimum absolute atomic E-state index is 0.0181. The van der Waals surface area contributed by atoms with Crippen molar-refractivity contribution in [2.45, 2.75) is 76.7 Å². The number of halogens is 2. The van der Waals surface area contributed by atoms with Crippen LogP contribution in [0.3, 0.4) is 0 Å². The summed E-state index contributed by atoms with van der Waals surface area (Å²) in [4.78, 5) is 41.7. The number of hydrogen-bond donors (Lipinski definition) is 4. The highest BCUT2D eigenvalue weighted by Gasteiger charge is 2.24. The van der Waals surface area contributed by atoms with Crippen LogP contribution < -0.4 is 30.7 Å². The van der Waals surface area contributed by atoms with Gasteiger partial charge in [0.05, 0.1) is 48.0 Å². The lowest BCUT2D eigenvalue weighted by Crippen LogP contribution is -2.41. The van der Waals surface area contributed by atoms with Crippen LogP contribution in [0.25, 0.3) is 33.6 Å². The van der Waals surface area contributed by atoms with E-state index in [-0.39, 0.29) is 23.9 Å². The normalized spacial score (nSPS) is 18.7. The Labute approximate surface area is 307 Å². The van der Waals surface area contributed by atoms with Crippen LogP contribution in [0.4, 0.5) is 0 Å². The first kappa shape index (κ1) is 36.4. The SMILES string of the molecule is COc1nc(-c2cccc(-c3cccc(-c4cnc(CN[C@H]5CC[C@H](NC(C)=O)CC5)c(OC)n4)c3Cl)c2Cl)cnc1CNC[C@H]1CCC(=O)N1. The fourth-order valence-corrected chi connectivity index (χ4v) is 7.31. The molecule has 2 aliphatic rings. The number of carbonyl (C=O) groups is 2. The van der Waals surface area contributed by atoms with Gasteiger partial charge in [0.2, 0.25) is 23.6 Å². The second-order valence-electron chi connectivity index (χ2n) is 12.8. The first-order valence-electron chi connectivity index (χ1n) is 17.1. The standard InChI is InChI=1S/C37H42Cl2N8O4/c1-21(48)44-23-12-10-22(11-13-23)41-20-32-37(51-3)47-30(19-43-32)28-9-5-7-26(35(28)39)25-6-4-8-27(34(25)38)29-18-42-31(36(46-29)50-2)17-40-16-24-14-15-33(49)45-24/h4-9,18-19,22-24,40-41H,10-17,20H2,1-3H3,(H,44,48)(H,45,49)/t22-,23-,24-/m1/s1. The van der Waals surface area contributed by atoms with Crippen molar-refractivity contribution in [3.8, 4) is 45.4 Å². The molecule has 0 bridgehead atoms. The Morgan fingerprint density at radius 3 is 1.84 bits per heavy atom. The Balaban J connectivity index is 1.17. The van der Waals surface area contributed by atoms with Crippen LogP contribution in [0.2, 0.25) is 10.0 Å². The van der Waals surface area contributed by atoms with Gasteiger partial charge < -0.3 is 30.7 Å². The molecule has 2 aromatic heterocycles. The number of amides is 2. The molecule has 3 heterocycles. The molecular formula is C37H42Cl2N8O4. The molecule has 2 fully saturated rings. The van der Waals surface area contributed by atoms with E-state index in [1.165, 1.54) is 0 Å². The molecule has 0 unspecified atom stereocenters. The zero-order valence-electron chi connectivity index (χ0n) is 28.9. The monoisotopic (exact) mass is 732 g/mol. The second kappa shape index (κ2) is 16.8. The third-order valence-corrected chi connectivity index (χ3v) is 10.1. The van der Waals surface area contributed by atoms with E-state index in [2.05, 4.69) is 26.3 Å². The molecule has 1 aliphatic heterocycles. The number of methoxy groups -OCH3 is 2. The number of carbonyl (C=O) groups excluding carboxylic acids is 2. The molecule has 0 spiro atoms. The van der Waals surface area contributed by atoms with Crippen molar-refractivity contribution in [3.63, 3.8) is 0 Å². The summed E-state index contributed by atoms with van der Waals surface area (Å²) in [5, 5.41) is 13.8. The summed E-state index contributed by atoms with van der Waals surface area (Å²) in [5.41, 5.74) is 5.29. The van der Waals surface area contributed by atoms with Crippen LogP contribution in [0, 0.1) is 0 Å². The van der Waals surface area contributed by atoms with Crippen LogP contribution in [-0.2, 0) is 22.7 Å². The van der Waals surface area contributed by atoms with Crippen LogP contribution in [0.1, 0.15) is 56.8 Å². The largest absolute Gasteiger partial charge is 0.480 e. The summed E-state index contributed by atoms with van der Waals surface area (Å²) < 4.78 is 11.2. The number of nitrogens with zero attached hydrogens (tertiary/aromatic N) is 4. The number of ether oxygens (including phenoxy) is 2. The fourth-order valence-electron chi connectivity index (χ4n) is 6.66. The first-order valence-corrected chi connectivity index (χ1v) is 17.9. The number of hydrogen-bond acceptors (Lipinski definition) is 10. The molecule has 14 heteroatoms. The molecule has 1 aliphatic carbocycles. The lowest BCUT2D eigenvalue weighted by molar-refractivity contribution is -0.120. The maximum atomic E-state index is 11.5. The van der Waals surface area contributed by atoms with Gasteiger partial charge in [-0.1, -0.05) is 59.6 Å². The third-order valence-electron chi connectivity index (χ3n) is 9.31. The van der Waals surface area contributed by atoms with Crippen molar-refractivity contribution in [2.75, 3.05) is 20.8 Å². The van der Waals surface area contributed by atoms with Crippen LogP contribution in [0.15, 0.2) is 48.8 Å². The molecule has 51 heavy (non-hydrogen) atoms. The predicted octanol–water partition coefficient (Wildman–Crippen LogP) is 5.50. The van der Waals surface area contributed by atoms with Gasteiger partial charge in [0.15, 0.2) is 0 Å². The summed E-state index contributed by atoms with van der Waals surface area (Å²) in [6.45, 7) is 3.14. The van der Waals surface area contributed by atoms with Crippen molar-refractivity contribution in [1.29, 1.82) is 0 Å². The van der Waals surface area contributed by atoms with Gasteiger partial charge in [-0.3, -0.25) is 19.6 Å². The summed E-state index contributed by atoms with van der Waals surface area (Å²) in [6.07, 6.45) is 8.57. The Bertz CT molecular complexity index is 1890. The Hall–Kier alpha value is -4.36. The zero-order chi connectivity index (χ0) is 35.9. The van der Waals surface area contributed by atoms with Crippen molar-refractivity contribution >= 4 is 35.0 Å². The van der Waals surface area contributed by atoms with E-state index in [0.717, 1.165) is 43.2 Å². The van der Waals surface area contributed by atoms with Gasteiger partial charge >= 0.3 is 0 Å². The summed E-state index contributed by atoms with van der Waals surface area (Å²) >= 11 is 14.1. The van der Waals surface area contributed by atoms with Gasteiger partial charge in [-0.05, 0) is 32.1 Å². The Morgan fingerprint density at radius 2 is 1.33 bits per heavy atom. The highest BCUT2D eigenvalue weighted by atomic mass is 35.5. The number of nitrogens with one attached hydrogen (secondary N) is 4. The van der Waals surface area contributed by atoms with Crippen molar-refractivity contribution in [1.82, 2.24) is 41.2 Å². The molecule has 1 atom stereocenters. The molecule has 0 radical (unpaired) electrons. The average Bonchev–Trinajstić information content (AvgIpc) is 3.56. The molecular weight excluding hydrogens is 691 g/mol. The van der Waals surface area contributed by atoms with Crippen molar-refractivity contribution < 1.29 is 19.1 Å². The molecule has 1 saturated heterocycles. The molecule has 1 saturated carbocycles. The maximum absolute atomic E-state index is 11.5. The van der Waals surface area contributed by atoms with Gasteiger partial charge in [-0.25, -0.2) is 9.97 Å². The molecule has 4 N–H and O–H groups in total. The Morgan fingerprint density at radius 1 is 0.804 bits per heavy atom. The molecule has 2 amide bonds. The minimum atomic E-state index is 0.0181. The van der Waals surface area contributed by atoms with E-state index < -0.39 is 0 Å². The molecule has 268 valence electrons. The molecule has 2 aromatic carbocycles. The fraction of sp³-hybridized carbons (Fsp3) is 0.405. The lowest BCUT2D eigenvalue weighted by atomic mass is 9.91. The Kier molecular flexibility index (Phi) is 12.0.